The molecular weight excluding hydrogens is 418 g/mol. The van der Waals surface area contributed by atoms with Crippen LogP contribution in [0.5, 0.6) is 5.75 Å². The molecular formula is C25H29N5O3. The van der Waals surface area contributed by atoms with E-state index >= 15 is 0 Å². The second-order valence-electron chi connectivity index (χ2n) is 8.30. The topological polar surface area (TPSA) is 102 Å². The van der Waals surface area contributed by atoms with Gasteiger partial charge in [0.1, 0.15) is 11.4 Å². The molecule has 172 valence electrons. The van der Waals surface area contributed by atoms with Crippen LogP contribution in [0, 0.1) is 0 Å². The number of ether oxygens (including phenoxy) is 1. The van der Waals surface area contributed by atoms with Gasteiger partial charge in [-0.3, -0.25) is 19.2 Å². The van der Waals surface area contributed by atoms with Crippen LogP contribution in [0.2, 0.25) is 0 Å². The number of nitrogens with zero attached hydrogens (tertiary/aromatic N) is 3. The quantitative estimate of drug-likeness (QED) is 0.552. The number of aromatic nitrogens is 2. The van der Waals surface area contributed by atoms with Gasteiger partial charge in [-0.15, -0.1) is 0 Å². The van der Waals surface area contributed by atoms with Crippen LogP contribution in [-0.4, -0.2) is 59.3 Å². The van der Waals surface area contributed by atoms with Gasteiger partial charge in [0, 0.05) is 30.9 Å². The van der Waals surface area contributed by atoms with E-state index in [1.807, 2.05) is 59.5 Å². The highest BCUT2D eigenvalue weighted by Crippen LogP contribution is 2.26. The Morgan fingerprint density at radius 2 is 1.88 bits per heavy atom. The fraction of sp³-hybridized carbons (Fsp3) is 0.320. The minimum Gasteiger partial charge on any atom is -0.497 e. The van der Waals surface area contributed by atoms with Gasteiger partial charge < -0.3 is 15.8 Å². The molecule has 2 heterocycles. The summed E-state index contributed by atoms with van der Waals surface area (Å²) in [5.74, 6) is 0.227. The van der Waals surface area contributed by atoms with Crippen molar-refractivity contribution in [1.82, 2.24) is 20.0 Å². The Morgan fingerprint density at radius 3 is 2.58 bits per heavy atom. The molecule has 3 N–H and O–H groups in total. The van der Waals surface area contributed by atoms with Crippen LogP contribution < -0.4 is 15.8 Å². The van der Waals surface area contributed by atoms with Crippen LogP contribution in [-0.2, 0) is 11.3 Å². The summed E-state index contributed by atoms with van der Waals surface area (Å²) in [5.41, 5.74) is 8.37. The molecule has 33 heavy (non-hydrogen) atoms. The zero-order chi connectivity index (χ0) is 23.2. The molecule has 0 unspecified atom stereocenters. The first-order valence-electron chi connectivity index (χ1n) is 11.1. The molecule has 1 saturated heterocycles. The first-order chi connectivity index (χ1) is 16.0. The first kappa shape index (κ1) is 22.5. The highest BCUT2D eigenvalue weighted by molar-refractivity contribution is 6.00. The van der Waals surface area contributed by atoms with Crippen LogP contribution >= 0.6 is 0 Å². The summed E-state index contributed by atoms with van der Waals surface area (Å²) >= 11 is 0. The van der Waals surface area contributed by atoms with E-state index in [4.69, 9.17) is 15.6 Å². The van der Waals surface area contributed by atoms with Crippen molar-refractivity contribution in [3.63, 3.8) is 0 Å². The number of primary amides is 1. The molecule has 2 amide bonds. The van der Waals surface area contributed by atoms with Gasteiger partial charge in [0.25, 0.3) is 5.91 Å². The Labute approximate surface area is 193 Å². The number of carbonyl (C=O) groups excluding carboxylic acids is 2. The van der Waals surface area contributed by atoms with Gasteiger partial charge in [0.2, 0.25) is 5.91 Å². The number of likely N-dealkylation sites (tertiary alicyclic amines) is 1. The van der Waals surface area contributed by atoms with Crippen molar-refractivity contribution in [3.8, 4) is 17.0 Å². The average molecular weight is 448 g/mol. The Balaban J connectivity index is 1.55. The number of amides is 2. The standard InChI is InChI=1S/C25H29N5O3/c1-33-21-9-5-8-19(14-21)24-22(16-30(28-24)15-18-6-3-2-4-7-18)25(32)27-20-10-12-29(13-11-20)17-23(26)31/h2-9,14,16,20H,10-13,15,17H2,1H3,(H2,26,31)(H,27,32). The van der Waals surface area contributed by atoms with Gasteiger partial charge in [-0.1, -0.05) is 42.5 Å². The molecule has 0 aliphatic carbocycles. The zero-order valence-electron chi connectivity index (χ0n) is 18.7. The van der Waals surface area contributed by atoms with Crippen molar-refractivity contribution < 1.29 is 14.3 Å². The van der Waals surface area contributed by atoms with E-state index < -0.39 is 0 Å². The monoisotopic (exact) mass is 447 g/mol. The number of piperidine rings is 1. The smallest absolute Gasteiger partial charge is 0.255 e. The van der Waals surface area contributed by atoms with E-state index in [1.165, 1.54) is 0 Å². The third-order valence-corrected chi connectivity index (χ3v) is 5.84. The molecule has 3 aromatic rings. The van der Waals surface area contributed by atoms with Crippen LogP contribution in [0.15, 0.2) is 60.8 Å². The molecule has 0 bridgehead atoms. The Morgan fingerprint density at radius 1 is 1.12 bits per heavy atom. The Kier molecular flexibility index (Phi) is 7.04. The van der Waals surface area contributed by atoms with Gasteiger partial charge in [0.05, 0.1) is 25.8 Å². The fourth-order valence-corrected chi connectivity index (χ4v) is 4.14. The van der Waals surface area contributed by atoms with Crippen molar-refractivity contribution in [1.29, 1.82) is 0 Å². The summed E-state index contributed by atoms with van der Waals surface area (Å²) in [6.45, 7) is 2.28. The van der Waals surface area contributed by atoms with Crippen molar-refractivity contribution in [3.05, 3.63) is 71.9 Å². The van der Waals surface area contributed by atoms with Crippen molar-refractivity contribution >= 4 is 11.8 Å². The molecule has 1 fully saturated rings. The predicted molar refractivity (Wildman–Crippen MR) is 126 cm³/mol. The Hall–Kier alpha value is -3.65. The lowest BCUT2D eigenvalue weighted by Gasteiger charge is -2.31. The maximum absolute atomic E-state index is 13.3. The zero-order valence-corrected chi connectivity index (χ0v) is 18.7. The van der Waals surface area contributed by atoms with E-state index in [0.29, 0.717) is 23.6 Å². The second-order valence-corrected chi connectivity index (χ2v) is 8.30. The van der Waals surface area contributed by atoms with Crippen LogP contribution in [0.25, 0.3) is 11.3 Å². The third kappa shape index (κ3) is 5.78. The molecule has 8 nitrogen and oxygen atoms in total. The summed E-state index contributed by atoms with van der Waals surface area (Å²) in [7, 11) is 1.62. The van der Waals surface area contributed by atoms with E-state index in [9.17, 15) is 9.59 Å². The van der Waals surface area contributed by atoms with Crippen molar-refractivity contribution in [2.75, 3.05) is 26.7 Å². The number of carbonyl (C=O) groups is 2. The van der Waals surface area contributed by atoms with E-state index in [1.54, 1.807) is 18.0 Å². The molecule has 2 aromatic carbocycles. The molecule has 4 rings (SSSR count). The van der Waals surface area contributed by atoms with Gasteiger partial charge >= 0.3 is 0 Å². The average Bonchev–Trinajstić information content (AvgIpc) is 3.25. The van der Waals surface area contributed by atoms with Crippen LogP contribution in [0.3, 0.4) is 0 Å². The first-order valence-corrected chi connectivity index (χ1v) is 11.1. The number of nitrogens with one attached hydrogen (secondary N) is 1. The summed E-state index contributed by atoms with van der Waals surface area (Å²) in [4.78, 5) is 26.5. The number of nitrogens with two attached hydrogens (primary N) is 1. The minimum atomic E-state index is -0.328. The summed E-state index contributed by atoms with van der Waals surface area (Å²) < 4.78 is 7.17. The number of benzene rings is 2. The lowest BCUT2D eigenvalue weighted by molar-refractivity contribution is -0.119. The van der Waals surface area contributed by atoms with E-state index in [0.717, 1.165) is 37.1 Å². The summed E-state index contributed by atoms with van der Waals surface area (Å²) in [5, 5.41) is 7.91. The molecule has 0 radical (unpaired) electrons. The maximum Gasteiger partial charge on any atom is 0.255 e. The van der Waals surface area contributed by atoms with Crippen molar-refractivity contribution in [2.45, 2.75) is 25.4 Å². The van der Waals surface area contributed by atoms with Crippen molar-refractivity contribution in [2.24, 2.45) is 5.73 Å². The maximum atomic E-state index is 13.3. The number of hydrogen-bond donors (Lipinski definition) is 2. The van der Waals surface area contributed by atoms with E-state index in [-0.39, 0.29) is 24.4 Å². The molecule has 8 heteroatoms. The largest absolute Gasteiger partial charge is 0.497 e. The highest BCUT2D eigenvalue weighted by atomic mass is 16.5. The van der Waals surface area contributed by atoms with Gasteiger partial charge in [-0.25, -0.2) is 0 Å². The number of methoxy groups -OCH3 is 1. The SMILES string of the molecule is COc1cccc(-c2nn(Cc3ccccc3)cc2C(=O)NC2CCN(CC(N)=O)CC2)c1. The van der Waals surface area contributed by atoms with Crippen LogP contribution in [0.4, 0.5) is 0 Å². The molecule has 0 atom stereocenters. The summed E-state index contributed by atoms with van der Waals surface area (Å²) in [6.07, 6.45) is 3.34. The lowest BCUT2D eigenvalue weighted by atomic mass is 10.0. The summed E-state index contributed by atoms with van der Waals surface area (Å²) in [6, 6.07) is 17.6. The molecule has 0 spiro atoms. The normalized spacial score (nSPS) is 14.7. The lowest BCUT2D eigenvalue weighted by Crippen LogP contribution is -2.46. The predicted octanol–water partition coefficient (Wildman–Crippen LogP) is 2.29. The van der Waals surface area contributed by atoms with Gasteiger partial charge in [-0.05, 0) is 30.5 Å². The molecule has 1 aromatic heterocycles. The molecule has 0 saturated carbocycles. The van der Waals surface area contributed by atoms with Gasteiger partial charge in [-0.2, -0.15) is 5.10 Å². The molecule has 1 aliphatic rings. The van der Waals surface area contributed by atoms with Gasteiger partial charge in [0.15, 0.2) is 0 Å². The fourth-order valence-electron chi connectivity index (χ4n) is 4.14. The number of rotatable bonds is 8. The number of hydrogen-bond acceptors (Lipinski definition) is 5. The minimum absolute atomic E-state index is 0.0391. The highest BCUT2D eigenvalue weighted by Gasteiger charge is 2.25. The third-order valence-electron chi connectivity index (χ3n) is 5.84. The van der Waals surface area contributed by atoms with Crippen LogP contribution in [0.1, 0.15) is 28.8 Å². The molecule has 1 aliphatic heterocycles. The Bertz CT molecular complexity index is 1100. The van der Waals surface area contributed by atoms with E-state index in [2.05, 4.69) is 5.32 Å². The second kappa shape index (κ2) is 10.3.